The lowest BCUT2D eigenvalue weighted by Gasteiger charge is -2.05. The number of carbonyl (C=O) groups is 1. The average Bonchev–Trinajstić information content (AvgIpc) is 2.57. The van der Waals surface area contributed by atoms with Crippen LogP contribution >= 0.6 is 11.6 Å². The molecule has 2 rings (SSSR count). The van der Waals surface area contributed by atoms with Crippen LogP contribution in [0, 0.1) is 21.4 Å². The molecule has 0 saturated carbocycles. The molecule has 1 amide bonds. The second-order valence-electron chi connectivity index (χ2n) is 4.44. The van der Waals surface area contributed by atoms with Crippen LogP contribution in [0.3, 0.4) is 0 Å². The van der Waals surface area contributed by atoms with Crippen molar-refractivity contribution >= 4 is 34.7 Å². The third kappa shape index (κ3) is 4.53. The number of nitro benzene ring substituents is 1. The fourth-order valence-corrected chi connectivity index (χ4v) is 1.76. The van der Waals surface area contributed by atoms with Crippen LogP contribution in [0.4, 0.5) is 17.2 Å². The largest absolute Gasteiger partial charge is 0.345 e. The van der Waals surface area contributed by atoms with Crippen LogP contribution in [0.2, 0.25) is 5.02 Å². The van der Waals surface area contributed by atoms with E-state index in [2.05, 4.69) is 15.6 Å². The summed E-state index contributed by atoms with van der Waals surface area (Å²) in [7, 11) is 0. The summed E-state index contributed by atoms with van der Waals surface area (Å²) >= 11 is 5.71. The van der Waals surface area contributed by atoms with Gasteiger partial charge in [-0.1, -0.05) is 17.7 Å². The Labute approximate surface area is 141 Å². The van der Waals surface area contributed by atoms with E-state index >= 15 is 0 Å². The van der Waals surface area contributed by atoms with Crippen molar-refractivity contribution in [1.29, 1.82) is 5.26 Å². The molecular weight excluding hydrogens is 334 g/mol. The number of rotatable bonds is 5. The minimum atomic E-state index is -0.709. The molecule has 0 fully saturated rings. The topological polar surface area (TPSA) is 121 Å². The minimum Gasteiger partial charge on any atom is -0.345 e. The first-order valence-corrected chi connectivity index (χ1v) is 6.91. The van der Waals surface area contributed by atoms with Crippen molar-refractivity contribution in [2.45, 2.75) is 0 Å². The molecule has 1 aromatic heterocycles. The van der Waals surface area contributed by atoms with E-state index in [1.807, 2.05) is 0 Å². The third-order valence-electron chi connectivity index (χ3n) is 2.77. The van der Waals surface area contributed by atoms with Gasteiger partial charge in [-0.25, -0.2) is 4.98 Å². The van der Waals surface area contributed by atoms with E-state index in [4.69, 9.17) is 16.9 Å². The maximum atomic E-state index is 12.0. The first-order valence-electron chi connectivity index (χ1n) is 6.54. The zero-order valence-electron chi connectivity index (χ0n) is 12.1. The number of non-ortho nitro benzene ring substituents is 1. The van der Waals surface area contributed by atoms with E-state index < -0.39 is 10.8 Å². The molecule has 2 N–H and O–H groups in total. The van der Waals surface area contributed by atoms with Crippen LogP contribution in [0.5, 0.6) is 0 Å². The summed E-state index contributed by atoms with van der Waals surface area (Å²) in [6.07, 6.45) is 2.59. The van der Waals surface area contributed by atoms with Gasteiger partial charge in [0.05, 0.1) is 9.95 Å². The van der Waals surface area contributed by atoms with Crippen LogP contribution in [0.1, 0.15) is 0 Å². The third-order valence-corrected chi connectivity index (χ3v) is 3.00. The van der Waals surface area contributed by atoms with E-state index in [1.54, 1.807) is 18.2 Å². The van der Waals surface area contributed by atoms with Crippen LogP contribution < -0.4 is 10.6 Å². The van der Waals surface area contributed by atoms with Crippen LogP contribution in [0.15, 0.2) is 54.4 Å². The number of benzene rings is 1. The lowest BCUT2D eigenvalue weighted by molar-refractivity contribution is -0.384. The smallest absolute Gasteiger partial charge is 0.271 e. The molecule has 0 aliphatic carbocycles. The Kier molecular flexibility index (Phi) is 5.44. The van der Waals surface area contributed by atoms with Gasteiger partial charge in [-0.2, -0.15) is 5.26 Å². The Hall–Kier alpha value is -3.44. The molecule has 0 spiro atoms. The summed E-state index contributed by atoms with van der Waals surface area (Å²) in [5, 5.41) is 25.4. The number of nitro groups is 1. The number of hydrogen-bond donors (Lipinski definition) is 2. The Balaban J connectivity index is 2.10. The Morgan fingerprint density at radius 1 is 1.38 bits per heavy atom. The normalized spacial score (nSPS) is 10.6. The number of anilines is 2. The van der Waals surface area contributed by atoms with E-state index in [-0.39, 0.29) is 16.9 Å². The van der Waals surface area contributed by atoms with Gasteiger partial charge in [0.2, 0.25) is 0 Å². The van der Waals surface area contributed by atoms with Gasteiger partial charge in [-0.15, -0.1) is 0 Å². The van der Waals surface area contributed by atoms with Gasteiger partial charge in [0.15, 0.2) is 0 Å². The van der Waals surface area contributed by atoms with Crippen molar-refractivity contribution in [3.8, 4) is 6.07 Å². The van der Waals surface area contributed by atoms with Gasteiger partial charge in [-0.3, -0.25) is 14.9 Å². The molecule has 24 heavy (non-hydrogen) atoms. The van der Waals surface area contributed by atoms with Gasteiger partial charge in [0, 0.05) is 30.2 Å². The highest BCUT2D eigenvalue weighted by molar-refractivity contribution is 6.30. The number of nitrogens with zero attached hydrogens (tertiary/aromatic N) is 3. The number of nitrogens with one attached hydrogen (secondary N) is 2. The van der Waals surface area contributed by atoms with E-state index in [0.717, 1.165) is 0 Å². The van der Waals surface area contributed by atoms with Gasteiger partial charge < -0.3 is 10.6 Å². The summed E-state index contributed by atoms with van der Waals surface area (Å²) in [4.78, 5) is 26.1. The summed E-state index contributed by atoms with van der Waals surface area (Å²) in [5.41, 5.74) is -0.183. The van der Waals surface area contributed by atoms with Crippen molar-refractivity contribution in [3.63, 3.8) is 0 Å². The molecule has 1 heterocycles. The summed E-state index contributed by atoms with van der Waals surface area (Å²) < 4.78 is 0. The lowest BCUT2D eigenvalue weighted by atomic mass is 10.2. The molecule has 9 heteroatoms. The fourth-order valence-electron chi connectivity index (χ4n) is 1.65. The highest BCUT2D eigenvalue weighted by Gasteiger charge is 2.12. The Morgan fingerprint density at radius 2 is 2.17 bits per heavy atom. The van der Waals surface area contributed by atoms with Crippen LogP contribution in [0.25, 0.3) is 0 Å². The average molecular weight is 344 g/mol. The molecule has 0 atom stereocenters. The van der Waals surface area contributed by atoms with Crippen molar-refractivity contribution in [1.82, 2.24) is 4.98 Å². The molecule has 0 bridgehead atoms. The van der Waals surface area contributed by atoms with Crippen LogP contribution in [-0.2, 0) is 4.79 Å². The maximum absolute atomic E-state index is 12.0. The molecular formula is C15H10ClN5O3. The molecule has 2 aromatic rings. The highest BCUT2D eigenvalue weighted by atomic mass is 35.5. The first-order chi connectivity index (χ1) is 11.5. The molecule has 0 unspecified atom stereocenters. The summed E-state index contributed by atoms with van der Waals surface area (Å²) in [5.74, 6) is -0.310. The zero-order chi connectivity index (χ0) is 17.5. The van der Waals surface area contributed by atoms with E-state index in [9.17, 15) is 14.9 Å². The van der Waals surface area contributed by atoms with E-state index in [0.29, 0.717) is 10.8 Å². The van der Waals surface area contributed by atoms with Gasteiger partial charge in [0.25, 0.3) is 11.6 Å². The fraction of sp³-hybridized carbons (Fsp3) is 0. The predicted molar refractivity (Wildman–Crippen MR) is 88.3 cm³/mol. The molecule has 0 saturated heterocycles. The van der Waals surface area contributed by atoms with Gasteiger partial charge >= 0.3 is 0 Å². The lowest BCUT2D eigenvalue weighted by Crippen LogP contribution is -2.14. The van der Waals surface area contributed by atoms with E-state index in [1.165, 1.54) is 36.7 Å². The molecule has 8 nitrogen and oxygen atoms in total. The van der Waals surface area contributed by atoms with Crippen molar-refractivity contribution in [2.24, 2.45) is 0 Å². The van der Waals surface area contributed by atoms with Crippen LogP contribution in [-0.4, -0.2) is 15.8 Å². The number of halogens is 1. The first kappa shape index (κ1) is 16.9. The standard InChI is InChI=1S/C15H10ClN5O3/c16-11-4-5-14(19-9-11)18-8-10(7-17)15(22)20-12-2-1-3-13(6-12)21(23)24/h1-6,8-9H,(H,18,19)(H,20,22)/b10-8-. The minimum absolute atomic E-state index is 0.168. The number of carbonyl (C=O) groups excluding carboxylic acids is 1. The number of amides is 1. The summed E-state index contributed by atoms with van der Waals surface area (Å²) in [6.45, 7) is 0. The molecule has 1 aromatic carbocycles. The molecule has 0 aliphatic heterocycles. The van der Waals surface area contributed by atoms with Crippen molar-refractivity contribution < 1.29 is 9.72 Å². The SMILES string of the molecule is N#C/C(=C/Nc1ccc(Cl)cn1)C(=O)Nc1cccc([N+](=O)[O-])c1. The van der Waals surface area contributed by atoms with Crippen molar-refractivity contribution in [3.05, 3.63) is 69.5 Å². The Bertz CT molecular complexity index is 843. The number of nitriles is 1. The van der Waals surface area contributed by atoms with Crippen molar-refractivity contribution in [2.75, 3.05) is 10.6 Å². The second-order valence-corrected chi connectivity index (χ2v) is 4.87. The number of aromatic nitrogens is 1. The number of pyridine rings is 1. The summed E-state index contributed by atoms with van der Waals surface area (Å²) in [6, 6.07) is 10.3. The second kappa shape index (κ2) is 7.71. The quantitative estimate of drug-likeness (QED) is 0.372. The van der Waals surface area contributed by atoms with Gasteiger partial charge in [0.1, 0.15) is 17.5 Å². The molecule has 0 aliphatic rings. The van der Waals surface area contributed by atoms with Gasteiger partial charge in [-0.05, 0) is 18.2 Å². The Morgan fingerprint density at radius 3 is 2.79 bits per heavy atom. The highest BCUT2D eigenvalue weighted by Crippen LogP contribution is 2.17. The monoisotopic (exact) mass is 343 g/mol. The predicted octanol–water partition coefficient (Wildman–Crippen LogP) is 3.10. The number of hydrogen-bond acceptors (Lipinski definition) is 6. The molecule has 0 radical (unpaired) electrons. The maximum Gasteiger partial charge on any atom is 0.271 e. The zero-order valence-corrected chi connectivity index (χ0v) is 12.8. The molecule has 120 valence electrons.